The van der Waals surface area contributed by atoms with Gasteiger partial charge in [-0.25, -0.2) is 4.99 Å². The summed E-state index contributed by atoms with van der Waals surface area (Å²) in [5, 5.41) is 15.4. The molecule has 0 saturated carbocycles. The second kappa shape index (κ2) is 11.5. The Labute approximate surface area is 176 Å². The third-order valence-corrected chi connectivity index (χ3v) is 5.32. The predicted molar refractivity (Wildman–Crippen MR) is 118 cm³/mol. The molecular weight excluding hydrogens is 366 g/mol. The number of hydrogen-bond acceptors (Lipinski definition) is 5. The smallest absolute Gasteiger partial charge is 0.191 e. The normalized spacial score (nSPS) is 17.4. The van der Waals surface area contributed by atoms with Crippen molar-refractivity contribution in [3.8, 4) is 0 Å². The van der Waals surface area contributed by atoms with E-state index in [4.69, 9.17) is 9.73 Å². The van der Waals surface area contributed by atoms with E-state index in [1.807, 2.05) is 18.5 Å². The van der Waals surface area contributed by atoms with Crippen LogP contribution in [0.1, 0.15) is 58.6 Å². The lowest BCUT2D eigenvalue weighted by atomic mass is 9.89. The molecule has 1 unspecified atom stereocenters. The van der Waals surface area contributed by atoms with Gasteiger partial charge in [0, 0.05) is 32.7 Å². The van der Waals surface area contributed by atoms with Crippen molar-refractivity contribution in [2.45, 2.75) is 66.5 Å². The van der Waals surface area contributed by atoms with Crippen molar-refractivity contribution < 1.29 is 4.74 Å². The number of aliphatic imine (C=N–C) groups is 1. The minimum atomic E-state index is 0.342. The maximum atomic E-state index is 5.42. The fraction of sp³-hybridized carbons (Fsp3) is 0.857. The van der Waals surface area contributed by atoms with Gasteiger partial charge < -0.3 is 19.9 Å². The molecule has 2 rings (SSSR count). The molecule has 8 nitrogen and oxygen atoms in total. The highest BCUT2D eigenvalue weighted by Gasteiger charge is 2.14. The van der Waals surface area contributed by atoms with Crippen LogP contribution in [0, 0.1) is 12.3 Å². The highest BCUT2D eigenvalue weighted by atomic mass is 16.5. The summed E-state index contributed by atoms with van der Waals surface area (Å²) in [5.74, 6) is 2.63. The topological polar surface area (TPSA) is 79.6 Å². The Morgan fingerprint density at radius 2 is 1.97 bits per heavy atom. The first-order chi connectivity index (χ1) is 13.7. The Kier molecular flexibility index (Phi) is 9.36. The molecule has 1 aliphatic rings. The van der Waals surface area contributed by atoms with Crippen LogP contribution >= 0.6 is 0 Å². The van der Waals surface area contributed by atoms with Crippen LogP contribution in [-0.2, 0) is 18.3 Å². The first-order valence-corrected chi connectivity index (χ1v) is 10.9. The number of aryl methyl sites for hydroxylation is 1. The molecule has 1 fully saturated rings. The number of ether oxygens (including phenoxy) is 1. The summed E-state index contributed by atoms with van der Waals surface area (Å²) in [5.41, 5.74) is 0.342. The maximum absolute atomic E-state index is 5.42. The van der Waals surface area contributed by atoms with Crippen molar-refractivity contribution in [3.05, 3.63) is 11.6 Å². The van der Waals surface area contributed by atoms with Gasteiger partial charge in [-0.2, -0.15) is 0 Å². The van der Waals surface area contributed by atoms with E-state index in [0.717, 1.165) is 69.8 Å². The minimum absolute atomic E-state index is 0.342. The number of morpholine rings is 1. The van der Waals surface area contributed by atoms with E-state index in [0.29, 0.717) is 18.0 Å². The quantitative estimate of drug-likeness (QED) is 0.371. The summed E-state index contributed by atoms with van der Waals surface area (Å²) in [7, 11) is 1.98. The Hall–Kier alpha value is -1.67. The summed E-state index contributed by atoms with van der Waals surface area (Å²) in [4.78, 5) is 7.24. The molecule has 0 aromatic carbocycles. The van der Waals surface area contributed by atoms with E-state index in [1.165, 1.54) is 6.42 Å². The van der Waals surface area contributed by atoms with Crippen LogP contribution in [0.15, 0.2) is 4.99 Å². The van der Waals surface area contributed by atoms with Gasteiger partial charge in [-0.3, -0.25) is 4.90 Å². The molecule has 1 atom stereocenters. The summed E-state index contributed by atoms with van der Waals surface area (Å²) >= 11 is 0. The van der Waals surface area contributed by atoms with Gasteiger partial charge in [0.25, 0.3) is 0 Å². The van der Waals surface area contributed by atoms with Crippen LogP contribution in [-0.4, -0.2) is 71.1 Å². The van der Waals surface area contributed by atoms with Gasteiger partial charge in [-0.15, -0.1) is 10.2 Å². The lowest BCUT2D eigenvalue weighted by Crippen LogP contribution is -2.44. The van der Waals surface area contributed by atoms with Crippen molar-refractivity contribution >= 4 is 5.96 Å². The minimum Gasteiger partial charge on any atom is -0.379 e. The third kappa shape index (κ3) is 9.12. The van der Waals surface area contributed by atoms with Crippen LogP contribution in [0.25, 0.3) is 0 Å². The Morgan fingerprint density at radius 3 is 2.59 bits per heavy atom. The van der Waals surface area contributed by atoms with Gasteiger partial charge in [0.2, 0.25) is 0 Å². The van der Waals surface area contributed by atoms with Crippen molar-refractivity contribution in [2.75, 3.05) is 39.4 Å². The van der Waals surface area contributed by atoms with Crippen molar-refractivity contribution in [1.29, 1.82) is 0 Å². The summed E-state index contributed by atoms with van der Waals surface area (Å²) in [6.07, 6.45) is 3.37. The standard InChI is InChI=1S/C21H41N7O/c1-17(8-9-21(3,4)5)24-20(23-16-19-26-25-18(2)27(19)6)22-10-7-11-28-12-14-29-15-13-28/h17H,7-16H2,1-6H3,(H2,22,23,24). The van der Waals surface area contributed by atoms with Gasteiger partial charge in [-0.05, 0) is 45.1 Å². The van der Waals surface area contributed by atoms with E-state index in [-0.39, 0.29) is 0 Å². The maximum Gasteiger partial charge on any atom is 0.191 e. The van der Waals surface area contributed by atoms with Crippen LogP contribution < -0.4 is 10.6 Å². The Bertz CT molecular complexity index is 629. The molecule has 2 N–H and O–H groups in total. The molecule has 29 heavy (non-hydrogen) atoms. The van der Waals surface area contributed by atoms with Crippen LogP contribution in [0.4, 0.5) is 0 Å². The first kappa shape index (κ1) is 23.6. The molecule has 0 bridgehead atoms. The van der Waals surface area contributed by atoms with Crippen molar-refractivity contribution in [1.82, 2.24) is 30.3 Å². The second-order valence-electron chi connectivity index (χ2n) is 9.27. The number of hydrogen-bond donors (Lipinski definition) is 2. The number of nitrogens with zero attached hydrogens (tertiary/aromatic N) is 5. The zero-order valence-corrected chi connectivity index (χ0v) is 19.3. The lowest BCUT2D eigenvalue weighted by Gasteiger charge is -2.27. The number of nitrogens with one attached hydrogen (secondary N) is 2. The van der Waals surface area contributed by atoms with Crippen LogP contribution in [0.3, 0.4) is 0 Å². The van der Waals surface area contributed by atoms with Crippen LogP contribution in [0.2, 0.25) is 0 Å². The lowest BCUT2D eigenvalue weighted by molar-refractivity contribution is 0.0376. The van der Waals surface area contributed by atoms with E-state index < -0.39 is 0 Å². The summed E-state index contributed by atoms with van der Waals surface area (Å²) in [6.45, 7) is 17.3. The van der Waals surface area contributed by atoms with Gasteiger partial charge in [0.15, 0.2) is 11.8 Å². The SMILES string of the molecule is Cc1nnc(CN=C(NCCCN2CCOCC2)NC(C)CCC(C)(C)C)n1C. The Morgan fingerprint density at radius 1 is 1.24 bits per heavy atom. The summed E-state index contributed by atoms with van der Waals surface area (Å²) in [6, 6.07) is 0.362. The molecule has 0 aliphatic carbocycles. The van der Waals surface area contributed by atoms with E-state index in [9.17, 15) is 0 Å². The monoisotopic (exact) mass is 407 g/mol. The average Bonchev–Trinajstić information content (AvgIpc) is 3.00. The van der Waals surface area contributed by atoms with E-state index >= 15 is 0 Å². The third-order valence-electron chi connectivity index (χ3n) is 5.32. The van der Waals surface area contributed by atoms with Crippen LogP contribution in [0.5, 0.6) is 0 Å². The van der Waals surface area contributed by atoms with E-state index in [1.54, 1.807) is 0 Å². The molecule has 0 radical (unpaired) electrons. The molecule has 1 aliphatic heterocycles. The Balaban J connectivity index is 1.86. The zero-order valence-electron chi connectivity index (χ0n) is 19.3. The second-order valence-corrected chi connectivity index (χ2v) is 9.27. The van der Waals surface area contributed by atoms with Gasteiger partial charge in [-0.1, -0.05) is 20.8 Å². The predicted octanol–water partition coefficient (Wildman–Crippen LogP) is 2.10. The molecule has 1 saturated heterocycles. The van der Waals surface area contributed by atoms with Gasteiger partial charge >= 0.3 is 0 Å². The molecule has 0 spiro atoms. The average molecular weight is 408 g/mol. The highest BCUT2D eigenvalue weighted by molar-refractivity contribution is 5.80. The molecular formula is C21H41N7O. The molecule has 1 aromatic rings. The number of guanidine groups is 1. The van der Waals surface area contributed by atoms with Gasteiger partial charge in [0.05, 0.1) is 13.2 Å². The fourth-order valence-electron chi connectivity index (χ4n) is 3.18. The van der Waals surface area contributed by atoms with Gasteiger partial charge in [0.1, 0.15) is 12.4 Å². The molecule has 1 aromatic heterocycles. The number of aromatic nitrogens is 3. The molecule has 2 heterocycles. The zero-order chi connectivity index (χ0) is 21.3. The molecule has 166 valence electrons. The van der Waals surface area contributed by atoms with E-state index in [2.05, 4.69) is 53.4 Å². The first-order valence-electron chi connectivity index (χ1n) is 10.9. The highest BCUT2D eigenvalue weighted by Crippen LogP contribution is 2.21. The molecule has 8 heteroatoms. The summed E-state index contributed by atoms with van der Waals surface area (Å²) < 4.78 is 7.41. The largest absolute Gasteiger partial charge is 0.379 e. The van der Waals surface area contributed by atoms with Crippen molar-refractivity contribution in [3.63, 3.8) is 0 Å². The molecule has 0 amide bonds. The van der Waals surface area contributed by atoms with Crippen molar-refractivity contribution in [2.24, 2.45) is 17.5 Å². The number of rotatable bonds is 9. The fourth-order valence-corrected chi connectivity index (χ4v) is 3.18.